The Morgan fingerprint density at radius 3 is 3.20 bits per heavy atom. The largest absolute Gasteiger partial charge is 0.370 e. The molecule has 0 aliphatic carbocycles. The molecule has 0 radical (unpaired) electrons. The number of anilines is 1. The minimum absolute atomic E-state index is 0.372. The molecule has 4 heteroatoms. The Labute approximate surface area is 86.2 Å². The average molecular weight is 204 g/mol. The minimum atomic E-state index is -0.709. The summed E-state index contributed by atoms with van der Waals surface area (Å²) in [5.74, 6) is -0.372. The van der Waals surface area contributed by atoms with E-state index < -0.39 is 6.23 Å². The summed E-state index contributed by atoms with van der Waals surface area (Å²) in [7, 11) is 0. The van der Waals surface area contributed by atoms with Crippen LogP contribution in [0.5, 0.6) is 0 Å². The molecule has 0 aromatic carbocycles. The van der Waals surface area contributed by atoms with E-state index in [1.807, 2.05) is 0 Å². The van der Waals surface area contributed by atoms with Crippen molar-refractivity contribution in [1.82, 2.24) is 4.98 Å². The molecule has 0 spiro atoms. The molecule has 76 valence electrons. The molecule has 1 N–H and O–H groups in total. The van der Waals surface area contributed by atoms with Crippen molar-refractivity contribution in [3.8, 4) is 0 Å². The summed E-state index contributed by atoms with van der Waals surface area (Å²) >= 11 is 0. The van der Waals surface area contributed by atoms with Gasteiger partial charge in [0, 0.05) is 12.1 Å². The van der Waals surface area contributed by atoms with Crippen LogP contribution in [0, 0.1) is 5.82 Å². The monoisotopic (exact) mass is 204 g/mol. The second-order valence-electron chi connectivity index (χ2n) is 3.72. The number of aliphatic hydroxyl groups excluding tert-OH is 1. The Bertz CT molecular complexity index is 496. The summed E-state index contributed by atoms with van der Waals surface area (Å²) in [5, 5.41) is 9.71. The summed E-state index contributed by atoms with van der Waals surface area (Å²) in [6.07, 6.45) is 3.83. The lowest BCUT2D eigenvalue weighted by molar-refractivity contribution is 0.221. The molecule has 15 heavy (non-hydrogen) atoms. The maximum absolute atomic E-state index is 13.5. The third-order valence-electron chi connectivity index (χ3n) is 2.78. The molecule has 2 aliphatic rings. The van der Waals surface area contributed by atoms with Crippen molar-refractivity contribution in [2.75, 3.05) is 11.4 Å². The zero-order valence-corrected chi connectivity index (χ0v) is 7.94. The van der Waals surface area contributed by atoms with Crippen LogP contribution in [0.15, 0.2) is 18.9 Å². The quantitative estimate of drug-likeness (QED) is 0.694. The zero-order chi connectivity index (χ0) is 10.6. The van der Waals surface area contributed by atoms with E-state index in [1.165, 1.54) is 6.20 Å². The number of rotatable bonds is 0. The highest BCUT2D eigenvalue weighted by Gasteiger charge is 2.33. The number of pyridine rings is 1. The van der Waals surface area contributed by atoms with Crippen LogP contribution in [0.4, 0.5) is 10.1 Å². The van der Waals surface area contributed by atoms with Crippen LogP contribution in [-0.4, -0.2) is 22.9 Å². The molecule has 3 nitrogen and oxygen atoms in total. The van der Waals surface area contributed by atoms with Gasteiger partial charge in [0.2, 0.25) is 0 Å². The maximum Gasteiger partial charge on any atom is 0.151 e. The molecule has 1 unspecified atom stereocenters. The predicted molar refractivity (Wildman–Crippen MR) is 55.6 cm³/mol. The Hall–Kier alpha value is -1.68. The second kappa shape index (κ2) is 2.67. The Morgan fingerprint density at radius 1 is 1.60 bits per heavy atom. The van der Waals surface area contributed by atoms with E-state index >= 15 is 0 Å². The first kappa shape index (κ1) is 8.61. The van der Waals surface area contributed by atoms with Gasteiger partial charge < -0.3 is 10.0 Å². The van der Waals surface area contributed by atoms with Gasteiger partial charge in [0.15, 0.2) is 5.82 Å². The SMILES string of the molecule is C=C1CN2c3c(ncc(F)c31)C=CC2O. The molecular weight excluding hydrogens is 195 g/mol. The third kappa shape index (κ3) is 0.995. The molecule has 0 bridgehead atoms. The normalized spacial score (nSPS) is 22.1. The van der Waals surface area contributed by atoms with Gasteiger partial charge in [-0.15, -0.1) is 0 Å². The lowest BCUT2D eigenvalue weighted by Gasteiger charge is -2.27. The molecule has 1 aromatic heterocycles. The Balaban J connectivity index is 2.34. The standard InChI is InChI=1S/C11H9FN2O/c1-6-5-14-9(15)3-2-8-11(14)10(6)7(12)4-13-8/h2-4,9,15H,1,5H2. The summed E-state index contributed by atoms with van der Waals surface area (Å²) in [4.78, 5) is 5.68. The molecule has 0 amide bonds. The van der Waals surface area contributed by atoms with Gasteiger partial charge in [-0.1, -0.05) is 6.58 Å². The van der Waals surface area contributed by atoms with Gasteiger partial charge in [0.25, 0.3) is 0 Å². The molecule has 0 saturated heterocycles. The van der Waals surface area contributed by atoms with E-state index in [4.69, 9.17) is 0 Å². The summed E-state index contributed by atoms with van der Waals surface area (Å²) in [6, 6.07) is 0. The lowest BCUT2D eigenvalue weighted by Crippen LogP contribution is -2.33. The van der Waals surface area contributed by atoms with Gasteiger partial charge in [-0.2, -0.15) is 0 Å². The van der Waals surface area contributed by atoms with Crippen LogP contribution in [0.25, 0.3) is 11.6 Å². The third-order valence-corrected chi connectivity index (χ3v) is 2.78. The van der Waals surface area contributed by atoms with Gasteiger partial charge in [-0.05, 0) is 17.7 Å². The first-order valence-electron chi connectivity index (χ1n) is 4.68. The number of nitrogens with zero attached hydrogens (tertiary/aromatic N) is 2. The average Bonchev–Trinajstić information content (AvgIpc) is 2.56. The van der Waals surface area contributed by atoms with Crippen LogP contribution >= 0.6 is 0 Å². The van der Waals surface area contributed by atoms with Crippen molar-refractivity contribution in [2.24, 2.45) is 0 Å². The van der Waals surface area contributed by atoms with Crippen LogP contribution < -0.4 is 4.90 Å². The first-order chi connectivity index (χ1) is 7.18. The number of aromatic nitrogens is 1. The Kier molecular flexibility index (Phi) is 1.53. The molecule has 1 aromatic rings. The van der Waals surface area contributed by atoms with Crippen LogP contribution in [0.3, 0.4) is 0 Å². The zero-order valence-electron chi connectivity index (χ0n) is 7.94. The van der Waals surface area contributed by atoms with Crippen molar-refractivity contribution in [3.05, 3.63) is 35.9 Å². The highest BCUT2D eigenvalue weighted by molar-refractivity contribution is 5.90. The lowest BCUT2D eigenvalue weighted by atomic mass is 10.1. The molecule has 2 aliphatic heterocycles. The summed E-state index contributed by atoms with van der Waals surface area (Å²) in [6.45, 7) is 4.26. The van der Waals surface area contributed by atoms with E-state index in [2.05, 4.69) is 11.6 Å². The molecule has 0 fully saturated rings. The van der Waals surface area contributed by atoms with Crippen LogP contribution in [-0.2, 0) is 0 Å². The van der Waals surface area contributed by atoms with Gasteiger partial charge in [0.1, 0.15) is 6.23 Å². The fourth-order valence-electron chi connectivity index (χ4n) is 2.11. The molecule has 3 heterocycles. The fraction of sp³-hybridized carbons (Fsp3) is 0.182. The van der Waals surface area contributed by atoms with Gasteiger partial charge >= 0.3 is 0 Å². The number of aliphatic hydroxyl groups is 1. The van der Waals surface area contributed by atoms with Crippen molar-refractivity contribution >= 4 is 17.3 Å². The fourth-order valence-corrected chi connectivity index (χ4v) is 2.11. The first-order valence-corrected chi connectivity index (χ1v) is 4.68. The summed E-state index contributed by atoms with van der Waals surface area (Å²) in [5.41, 5.74) is 2.53. The van der Waals surface area contributed by atoms with E-state index in [-0.39, 0.29) is 5.82 Å². The van der Waals surface area contributed by atoms with Gasteiger partial charge in [-0.3, -0.25) is 4.98 Å². The van der Waals surface area contributed by atoms with Crippen molar-refractivity contribution in [2.45, 2.75) is 6.23 Å². The topological polar surface area (TPSA) is 36.4 Å². The highest BCUT2D eigenvalue weighted by Crippen LogP contribution is 2.41. The van der Waals surface area contributed by atoms with Gasteiger partial charge in [0.05, 0.1) is 17.6 Å². The smallest absolute Gasteiger partial charge is 0.151 e. The van der Waals surface area contributed by atoms with Crippen molar-refractivity contribution < 1.29 is 9.50 Å². The van der Waals surface area contributed by atoms with Crippen LogP contribution in [0.1, 0.15) is 11.3 Å². The van der Waals surface area contributed by atoms with Crippen molar-refractivity contribution in [3.63, 3.8) is 0 Å². The van der Waals surface area contributed by atoms with E-state index in [9.17, 15) is 9.50 Å². The predicted octanol–water partition coefficient (Wildman–Crippen LogP) is 1.40. The van der Waals surface area contributed by atoms with Crippen LogP contribution in [0.2, 0.25) is 0 Å². The number of hydrogen-bond acceptors (Lipinski definition) is 3. The van der Waals surface area contributed by atoms with Gasteiger partial charge in [-0.25, -0.2) is 4.39 Å². The Morgan fingerprint density at radius 2 is 2.40 bits per heavy atom. The molecule has 3 rings (SSSR count). The summed E-state index contributed by atoms with van der Waals surface area (Å²) < 4.78 is 13.5. The molecule has 1 atom stereocenters. The van der Waals surface area contributed by atoms with E-state index in [0.717, 1.165) is 0 Å². The minimum Gasteiger partial charge on any atom is -0.370 e. The molecule has 0 saturated carbocycles. The van der Waals surface area contributed by atoms with Crippen molar-refractivity contribution in [1.29, 1.82) is 0 Å². The number of hydrogen-bond donors (Lipinski definition) is 1. The van der Waals surface area contributed by atoms with E-state index in [1.54, 1.807) is 17.1 Å². The number of halogens is 1. The second-order valence-corrected chi connectivity index (χ2v) is 3.72. The van der Waals surface area contributed by atoms with E-state index in [0.29, 0.717) is 29.1 Å². The maximum atomic E-state index is 13.5. The molecular formula is C11H9FN2O. The highest BCUT2D eigenvalue weighted by atomic mass is 19.1.